The largest absolute Gasteiger partial charge is 0.368 e. The second-order valence-corrected chi connectivity index (χ2v) is 4.98. The summed E-state index contributed by atoms with van der Waals surface area (Å²) in [5.74, 6) is -0.484. The van der Waals surface area contributed by atoms with Crippen molar-refractivity contribution in [3.05, 3.63) is 39.8 Å². The van der Waals surface area contributed by atoms with Crippen molar-refractivity contribution in [3.8, 4) is 0 Å². The number of anilines is 1. The molecule has 17 heavy (non-hydrogen) atoms. The minimum Gasteiger partial charge on any atom is -0.368 e. The Morgan fingerprint density at radius 3 is 2.82 bits per heavy atom. The Morgan fingerprint density at radius 2 is 2.18 bits per heavy atom. The Hall–Kier alpha value is -0.910. The fourth-order valence-corrected chi connectivity index (χ4v) is 2.66. The quantitative estimate of drug-likeness (QED) is 0.863. The van der Waals surface area contributed by atoms with Gasteiger partial charge in [0.2, 0.25) is 0 Å². The average Bonchev–Trinajstić information content (AvgIpc) is 2.77. The number of nitrogens with zero attached hydrogens (tertiary/aromatic N) is 2. The summed E-state index contributed by atoms with van der Waals surface area (Å²) in [7, 11) is 0. The highest BCUT2D eigenvalue weighted by Crippen LogP contribution is 2.34. The first-order valence-electron chi connectivity index (χ1n) is 4.77. The molecule has 0 saturated heterocycles. The van der Waals surface area contributed by atoms with Crippen molar-refractivity contribution in [2.75, 3.05) is 5.32 Å². The SMILES string of the molecule is CC(Nc1cnns1)c1c(Cl)ccc(F)c1Cl. The van der Waals surface area contributed by atoms with Crippen LogP contribution in [0.25, 0.3) is 0 Å². The standard InChI is InChI=1S/C10H8Cl2FN3S/c1-5(15-8-4-14-16-17-8)9-6(11)2-3-7(13)10(9)12/h2-5,15H,1H3. The number of halogens is 3. The van der Waals surface area contributed by atoms with E-state index < -0.39 is 5.82 Å². The summed E-state index contributed by atoms with van der Waals surface area (Å²) >= 11 is 13.1. The molecule has 1 atom stereocenters. The van der Waals surface area contributed by atoms with Gasteiger partial charge in [0.25, 0.3) is 0 Å². The molecule has 0 amide bonds. The summed E-state index contributed by atoms with van der Waals surface area (Å²) in [5, 5.41) is 8.04. The molecule has 2 aromatic rings. The minimum atomic E-state index is -0.484. The van der Waals surface area contributed by atoms with Gasteiger partial charge < -0.3 is 5.32 Å². The van der Waals surface area contributed by atoms with E-state index >= 15 is 0 Å². The molecule has 0 aliphatic carbocycles. The Labute approximate surface area is 112 Å². The van der Waals surface area contributed by atoms with Gasteiger partial charge in [-0.2, -0.15) is 0 Å². The van der Waals surface area contributed by atoms with E-state index in [1.165, 1.54) is 23.7 Å². The Balaban J connectivity index is 2.30. The molecule has 1 aromatic carbocycles. The summed E-state index contributed by atoms with van der Waals surface area (Å²) in [6.07, 6.45) is 1.59. The molecule has 1 N–H and O–H groups in total. The lowest BCUT2D eigenvalue weighted by atomic mass is 10.1. The lowest BCUT2D eigenvalue weighted by Crippen LogP contribution is -2.07. The molecule has 0 bridgehead atoms. The number of hydrogen-bond acceptors (Lipinski definition) is 4. The van der Waals surface area contributed by atoms with Crippen LogP contribution >= 0.6 is 34.7 Å². The third kappa shape index (κ3) is 2.68. The zero-order valence-electron chi connectivity index (χ0n) is 8.75. The van der Waals surface area contributed by atoms with E-state index in [2.05, 4.69) is 14.9 Å². The van der Waals surface area contributed by atoms with E-state index in [0.29, 0.717) is 10.6 Å². The van der Waals surface area contributed by atoms with E-state index in [1.807, 2.05) is 6.92 Å². The highest BCUT2D eigenvalue weighted by atomic mass is 35.5. The highest BCUT2D eigenvalue weighted by Gasteiger charge is 2.17. The highest BCUT2D eigenvalue weighted by molar-refractivity contribution is 7.09. The lowest BCUT2D eigenvalue weighted by molar-refractivity contribution is 0.624. The molecule has 0 aliphatic heterocycles. The number of aromatic nitrogens is 2. The molecule has 3 nitrogen and oxygen atoms in total. The Kier molecular flexibility index (Phi) is 3.81. The van der Waals surface area contributed by atoms with Crippen molar-refractivity contribution in [2.24, 2.45) is 0 Å². The van der Waals surface area contributed by atoms with Gasteiger partial charge in [-0.25, -0.2) is 4.39 Å². The average molecular weight is 292 g/mol. The van der Waals surface area contributed by atoms with Crippen molar-refractivity contribution in [1.29, 1.82) is 0 Å². The second-order valence-electron chi connectivity index (χ2n) is 3.40. The number of hydrogen-bond donors (Lipinski definition) is 1. The third-order valence-electron chi connectivity index (χ3n) is 2.23. The van der Waals surface area contributed by atoms with Crippen molar-refractivity contribution in [1.82, 2.24) is 9.59 Å². The van der Waals surface area contributed by atoms with E-state index in [4.69, 9.17) is 23.2 Å². The molecular formula is C10H8Cl2FN3S. The molecule has 0 radical (unpaired) electrons. The van der Waals surface area contributed by atoms with E-state index in [0.717, 1.165) is 5.00 Å². The Bertz CT molecular complexity index is 519. The van der Waals surface area contributed by atoms with Crippen LogP contribution in [0, 0.1) is 5.82 Å². The molecule has 7 heteroatoms. The molecule has 1 unspecified atom stereocenters. The van der Waals surface area contributed by atoms with Gasteiger partial charge in [-0.1, -0.05) is 27.7 Å². The maximum Gasteiger partial charge on any atom is 0.142 e. The van der Waals surface area contributed by atoms with Crippen LogP contribution in [0.15, 0.2) is 18.3 Å². The van der Waals surface area contributed by atoms with E-state index in [9.17, 15) is 4.39 Å². The van der Waals surface area contributed by atoms with Crippen LogP contribution in [0.5, 0.6) is 0 Å². The van der Waals surface area contributed by atoms with Gasteiger partial charge >= 0.3 is 0 Å². The topological polar surface area (TPSA) is 37.8 Å². The fraction of sp³-hybridized carbons (Fsp3) is 0.200. The first-order chi connectivity index (χ1) is 8.09. The van der Waals surface area contributed by atoms with E-state index in [-0.39, 0.29) is 11.1 Å². The first kappa shape index (κ1) is 12.5. The normalized spacial score (nSPS) is 12.5. The van der Waals surface area contributed by atoms with Gasteiger partial charge in [0, 0.05) is 22.1 Å². The first-order valence-corrected chi connectivity index (χ1v) is 6.30. The molecule has 0 spiro atoms. The molecule has 2 rings (SSSR count). The summed E-state index contributed by atoms with van der Waals surface area (Å²) < 4.78 is 17.1. The molecule has 90 valence electrons. The molecule has 0 fully saturated rings. The minimum absolute atomic E-state index is 0.0370. The fourth-order valence-electron chi connectivity index (χ4n) is 1.46. The smallest absolute Gasteiger partial charge is 0.142 e. The van der Waals surface area contributed by atoms with Crippen molar-refractivity contribution < 1.29 is 4.39 Å². The predicted molar refractivity (Wildman–Crippen MR) is 68.4 cm³/mol. The Morgan fingerprint density at radius 1 is 1.41 bits per heavy atom. The molecule has 1 aromatic heterocycles. The van der Waals surface area contributed by atoms with Gasteiger partial charge in [-0.15, -0.1) is 5.10 Å². The summed E-state index contributed by atoms with van der Waals surface area (Å²) in [6, 6.07) is 2.50. The summed E-state index contributed by atoms with van der Waals surface area (Å²) in [6.45, 7) is 1.84. The summed E-state index contributed by atoms with van der Waals surface area (Å²) in [5.41, 5.74) is 0.529. The zero-order valence-corrected chi connectivity index (χ0v) is 11.1. The molecule has 1 heterocycles. The van der Waals surface area contributed by atoms with Crippen LogP contribution in [0.1, 0.15) is 18.5 Å². The zero-order chi connectivity index (χ0) is 12.4. The van der Waals surface area contributed by atoms with Crippen molar-refractivity contribution in [2.45, 2.75) is 13.0 Å². The number of nitrogens with one attached hydrogen (secondary N) is 1. The third-order valence-corrected chi connectivity index (χ3v) is 3.54. The van der Waals surface area contributed by atoms with Crippen molar-refractivity contribution >= 4 is 39.7 Å². The van der Waals surface area contributed by atoms with Crippen LogP contribution in [-0.4, -0.2) is 9.59 Å². The van der Waals surface area contributed by atoms with Crippen LogP contribution in [0.2, 0.25) is 10.0 Å². The number of rotatable bonds is 3. The molecule has 0 aliphatic rings. The van der Waals surface area contributed by atoms with Crippen LogP contribution in [0.4, 0.5) is 9.39 Å². The van der Waals surface area contributed by atoms with Crippen LogP contribution < -0.4 is 5.32 Å². The molecular weight excluding hydrogens is 284 g/mol. The molecule has 0 saturated carbocycles. The van der Waals surface area contributed by atoms with Gasteiger partial charge in [-0.05, 0) is 19.1 Å². The predicted octanol–water partition coefficient (Wildman–Crippen LogP) is 4.16. The maximum absolute atomic E-state index is 13.4. The van der Waals surface area contributed by atoms with Gasteiger partial charge in [0.1, 0.15) is 10.8 Å². The van der Waals surface area contributed by atoms with Gasteiger partial charge in [0.15, 0.2) is 0 Å². The van der Waals surface area contributed by atoms with Crippen LogP contribution in [0.3, 0.4) is 0 Å². The number of benzene rings is 1. The lowest BCUT2D eigenvalue weighted by Gasteiger charge is -2.16. The van der Waals surface area contributed by atoms with Gasteiger partial charge in [0.05, 0.1) is 17.3 Å². The van der Waals surface area contributed by atoms with Gasteiger partial charge in [-0.3, -0.25) is 0 Å². The maximum atomic E-state index is 13.4. The monoisotopic (exact) mass is 291 g/mol. The summed E-state index contributed by atoms with van der Waals surface area (Å²) in [4.78, 5) is 0. The second kappa shape index (κ2) is 5.16. The van der Waals surface area contributed by atoms with Crippen molar-refractivity contribution in [3.63, 3.8) is 0 Å². The van der Waals surface area contributed by atoms with Crippen LogP contribution in [-0.2, 0) is 0 Å². The van der Waals surface area contributed by atoms with E-state index in [1.54, 1.807) is 6.20 Å².